The van der Waals surface area contributed by atoms with Gasteiger partial charge in [0.1, 0.15) is 0 Å². The number of anilines is 6. The summed E-state index contributed by atoms with van der Waals surface area (Å²) in [6.07, 6.45) is 10.3. The summed E-state index contributed by atoms with van der Waals surface area (Å²) >= 11 is 3.74. The third kappa shape index (κ3) is 6.57. The van der Waals surface area contributed by atoms with Crippen molar-refractivity contribution < 1.29 is 0 Å². The molecule has 0 saturated carbocycles. The van der Waals surface area contributed by atoms with Crippen molar-refractivity contribution in [2.75, 3.05) is 22.3 Å². The first-order valence-corrected chi connectivity index (χ1v) is 26.7. The molecule has 0 aromatic heterocycles. The van der Waals surface area contributed by atoms with Gasteiger partial charge in [-0.1, -0.05) is 155 Å². The van der Waals surface area contributed by atoms with Gasteiger partial charge in [-0.25, -0.2) is 10.0 Å². The molecule has 4 aliphatic rings. The number of rotatable bonds is 6. The van der Waals surface area contributed by atoms with Crippen LogP contribution in [-0.2, 0) is 0 Å². The molecule has 2 aliphatic heterocycles. The van der Waals surface area contributed by atoms with E-state index in [1.165, 1.54) is 120 Å². The standard InChI is InChI=1S/C60H50N2S3/c1-37-23-27-41(28-24-37)43-33-47-45(53(35-43)61-49-15-7-11-19-55(49)63-56-20-12-8-16-50(56)61)31-39(3)59(47)65(5,6)60-40(4)32-46-48(60)34-44(42-29-25-38(2)26-30-42)36-54(46)62-51-17-9-13-21-57(51)64-58-22-14-10-18-52(58)62/h7-36,59-60H,1-6H3. The second-order valence-corrected chi connectivity index (χ2v) is 24.6. The Morgan fingerprint density at radius 2 is 0.692 bits per heavy atom. The normalized spacial score (nSPS) is 17.0. The minimum Gasteiger partial charge on any atom is -0.308 e. The van der Waals surface area contributed by atoms with Gasteiger partial charge in [0.25, 0.3) is 0 Å². The number of para-hydroxylation sites is 4. The number of aryl methyl sites for hydroxylation is 2. The minimum absolute atomic E-state index is 0.241. The van der Waals surface area contributed by atoms with Crippen LogP contribution >= 0.6 is 33.6 Å². The van der Waals surface area contributed by atoms with E-state index in [0.29, 0.717) is 0 Å². The lowest BCUT2D eigenvalue weighted by atomic mass is 9.96. The van der Waals surface area contributed by atoms with Gasteiger partial charge in [-0.15, -0.1) is 0 Å². The molecule has 8 aromatic rings. The molecule has 2 aliphatic carbocycles. The average Bonchev–Trinajstić information content (AvgIpc) is 3.86. The van der Waals surface area contributed by atoms with Crippen LogP contribution in [0, 0.1) is 13.8 Å². The molecule has 0 N–H and O–H groups in total. The van der Waals surface area contributed by atoms with E-state index in [1.807, 2.05) is 23.5 Å². The molecule has 0 spiro atoms. The van der Waals surface area contributed by atoms with Crippen molar-refractivity contribution in [2.45, 2.75) is 57.8 Å². The molecule has 0 amide bonds. The third-order valence-electron chi connectivity index (χ3n) is 13.8. The highest BCUT2D eigenvalue weighted by Crippen LogP contribution is 2.74. The van der Waals surface area contributed by atoms with Gasteiger partial charge in [0.2, 0.25) is 0 Å². The van der Waals surface area contributed by atoms with Crippen LogP contribution < -0.4 is 9.80 Å². The Hall–Kier alpha value is -6.11. The van der Waals surface area contributed by atoms with Crippen molar-refractivity contribution in [1.82, 2.24) is 0 Å². The smallest absolute Gasteiger partial charge is 0.0601 e. The lowest BCUT2D eigenvalue weighted by Gasteiger charge is -2.46. The van der Waals surface area contributed by atoms with Gasteiger partial charge in [-0.3, -0.25) is 0 Å². The van der Waals surface area contributed by atoms with Crippen molar-refractivity contribution in [3.05, 3.63) is 214 Å². The molecule has 2 atom stereocenters. The van der Waals surface area contributed by atoms with Gasteiger partial charge < -0.3 is 9.80 Å². The Kier molecular flexibility index (Phi) is 9.64. The zero-order chi connectivity index (χ0) is 44.1. The molecule has 8 aromatic carbocycles. The average molecular weight is 895 g/mol. The summed E-state index contributed by atoms with van der Waals surface area (Å²) in [4.78, 5) is 10.2. The zero-order valence-electron chi connectivity index (χ0n) is 37.6. The Bertz CT molecular complexity index is 2990. The molecule has 2 nitrogen and oxygen atoms in total. The van der Waals surface area contributed by atoms with Gasteiger partial charge in [0.05, 0.1) is 34.1 Å². The summed E-state index contributed by atoms with van der Waals surface area (Å²) in [7, 11) is -1.49. The van der Waals surface area contributed by atoms with E-state index in [9.17, 15) is 0 Å². The van der Waals surface area contributed by atoms with Gasteiger partial charge in [-0.2, -0.15) is 0 Å². The highest BCUT2D eigenvalue weighted by Gasteiger charge is 2.44. The van der Waals surface area contributed by atoms with E-state index in [-0.39, 0.29) is 10.5 Å². The lowest BCUT2D eigenvalue weighted by molar-refractivity contribution is 1.06. The van der Waals surface area contributed by atoms with Crippen LogP contribution in [0.15, 0.2) is 201 Å². The fourth-order valence-corrected chi connectivity index (χ4v) is 17.2. The van der Waals surface area contributed by atoms with Crippen LogP contribution in [0.1, 0.15) is 57.7 Å². The van der Waals surface area contributed by atoms with Crippen LogP contribution in [0.2, 0.25) is 0 Å². The molecule has 0 bridgehead atoms. The fraction of sp³-hybridized carbons (Fsp3) is 0.133. The molecule has 5 heteroatoms. The molecule has 318 valence electrons. The Morgan fingerprint density at radius 1 is 0.369 bits per heavy atom. The fourth-order valence-electron chi connectivity index (χ4n) is 11.0. The van der Waals surface area contributed by atoms with Crippen molar-refractivity contribution in [3.63, 3.8) is 0 Å². The SMILES string of the molecule is CC1=Cc2c(cc(-c3ccc(C)cc3)cc2N2c3ccccc3Sc3ccccc32)C1S(C)(C)C1C(C)=Cc2c1cc(-c1ccc(C)cc1)cc2N1c2ccccc2Sc2ccccc21. The second kappa shape index (κ2) is 15.5. The Labute approximate surface area is 394 Å². The highest BCUT2D eigenvalue weighted by molar-refractivity contribution is 8.33. The summed E-state index contributed by atoms with van der Waals surface area (Å²) in [5, 5.41) is 0.481. The topological polar surface area (TPSA) is 6.48 Å². The van der Waals surface area contributed by atoms with Gasteiger partial charge in [0.15, 0.2) is 0 Å². The van der Waals surface area contributed by atoms with Crippen LogP contribution in [0.25, 0.3) is 34.4 Å². The number of benzene rings is 8. The van der Waals surface area contributed by atoms with Crippen molar-refractivity contribution in [3.8, 4) is 22.3 Å². The maximum absolute atomic E-state index is 2.63. The molecule has 0 radical (unpaired) electrons. The van der Waals surface area contributed by atoms with Crippen molar-refractivity contribution in [1.29, 1.82) is 0 Å². The first-order valence-electron chi connectivity index (χ1n) is 22.5. The molecule has 2 heterocycles. The van der Waals surface area contributed by atoms with Gasteiger partial charge in [0, 0.05) is 41.2 Å². The van der Waals surface area contributed by atoms with E-state index in [2.05, 4.69) is 232 Å². The summed E-state index contributed by atoms with van der Waals surface area (Å²) in [5.41, 5.74) is 23.5. The maximum atomic E-state index is 2.63. The van der Waals surface area contributed by atoms with E-state index < -0.39 is 10.0 Å². The predicted molar refractivity (Wildman–Crippen MR) is 283 cm³/mol. The van der Waals surface area contributed by atoms with E-state index in [1.54, 1.807) is 0 Å². The van der Waals surface area contributed by atoms with Crippen LogP contribution in [0.4, 0.5) is 34.1 Å². The quantitative estimate of drug-likeness (QED) is 0.164. The van der Waals surface area contributed by atoms with Crippen LogP contribution in [0.3, 0.4) is 0 Å². The monoisotopic (exact) mass is 894 g/mol. The van der Waals surface area contributed by atoms with E-state index >= 15 is 0 Å². The predicted octanol–water partition coefficient (Wildman–Crippen LogP) is 18.2. The van der Waals surface area contributed by atoms with Crippen molar-refractivity contribution >= 4 is 79.8 Å². The van der Waals surface area contributed by atoms with Crippen molar-refractivity contribution in [2.24, 2.45) is 0 Å². The minimum atomic E-state index is -1.49. The molecular weight excluding hydrogens is 845 g/mol. The molecule has 2 unspecified atom stereocenters. The van der Waals surface area contributed by atoms with E-state index in [4.69, 9.17) is 0 Å². The molecule has 12 rings (SSSR count). The lowest BCUT2D eigenvalue weighted by Crippen LogP contribution is -2.19. The summed E-state index contributed by atoms with van der Waals surface area (Å²) in [6.45, 7) is 9.17. The second-order valence-electron chi connectivity index (χ2n) is 18.5. The number of hydrogen-bond donors (Lipinski definition) is 0. The number of nitrogens with zero attached hydrogens (tertiary/aromatic N) is 2. The van der Waals surface area contributed by atoms with Crippen LogP contribution in [-0.4, -0.2) is 12.5 Å². The maximum Gasteiger partial charge on any atom is 0.0601 e. The Morgan fingerprint density at radius 3 is 1.03 bits per heavy atom. The zero-order valence-corrected chi connectivity index (χ0v) is 40.0. The molecular formula is C60H50N2S3. The molecule has 65 heavy (non-hydrogen) atoms. The Balaban J connectivity index is 1.06. The van der Waals surface area contributed by atoms with Crippen LogP contribution in [0.5, 0.6) is 0 Å². The highest BCUT2D eigenvalue weighted by atomic mass is 32.3. The number of hydrogen-bond acceptors (Lipinski definition) is 4. The van der Waals surface area contributed by atoms with E-state index in [0.717, 1.165) is 0 Å². The first-order chi connectivity index (χ1) is 31.6. The molecule has 0 fully saturated rings. The number of fused-ring (bicyclic) bond motifs is 6. The third-order valence-corrected chi connectivity index (χ3v) is 19.8. The molecule has 0 saturated heterocycles. The largest absolute Gasteiger partial charge is 0.308 e. The summed E-state index contributed by atoms with van der Waals surface area (Å²) in [5.74, 6) is 0. The first kappa shape index (κ1) is 40.4. The van der Waals surface area contributed by atoms with Gasteiger partial charge in [-0.05, 0) is 146 Å². The summed E-state index contributed by atoms with van der Waals surface area (Å²) < 4.78 is 0. The van der Waals surface area contributed by atoms with Gasteiger partial charge >= 0.3 is 0 Å². The summed E-state index contributed by atoms with van der Waals surface area (Å²) in [6, 6.07) is 64.0.